The molecule has 1 spiro atoms. The highest BCUT2D eigenvalue weighted by Gasteiger charge is 2.54. The van der Waals surface area contributed by atoms with E-state index in [1.807, 2.05) is 24.3 Å². The van der Waals surface area contributed by atoms with E-state index in [1.165, 1.54) is 6.92 Å². The van der Waals surface area contributed by atoms with Gasteiger partial charge in [-0.25, -0.2) is 4.79 Å². The summed E-state index contributed by atoms with van der Waals surface area (Å²) in [6, 6.07) is 13.5. The Hall–Kier alpha value is -3.48. The molecule has 2 N–H and O–H groups in total. The van der Waals surface area contributed by atoms with Crippen LogP contribution in [0.4, 0.5) is 10.5 Å². The first-order valence-electron chi connectivity index (χ1n) is 9.54. The standard InChI is InChI=1S/C22H21N3O4/c1-14(26)15-8-10-17(11-9-15)23-19(27)13-25-20(28)22(24-21(25)29)12-4-6-16-5-2-3-7-18(16)22/h2-3,5,7-11H,4,6,12-13H2,1H3,(H,23,27)(H,24,29)/t22-/m1/s1. The number of nitrogens with one attached hydrogen (secondary N) is 2. The van der Waals surface area contributed by atoms with Crippen molar-refractivity contribution in [1.82, 2.24) is 10.2 Å². The van der Waals surface area contributed by atoms with E-state index < -0.39 is 23.4 Å². The third kappa shape index (κ3) is 3.29. The van der Waals surface area contributed by atoms with Crippen LogP contribution in [0, 0.1) is 0 Å². The number of anilines is 1. The summed E-state index contributed by atoms with van der Waals surface area (Å²) in [6.45, 7) is 1.09. The van der Waals surface area contributed by atoms with Crippen LogP contribution < -0.4 is 10.6 Å². The van der Waals surface area contributed by atoms with Crippen LogP contribution in [0.5, 0.6) is 0 Å². The molecule has 4 rings (SSSR count). The van der Waals surface area contributed by atoms with Crippen LogP contribution in [0.3, 0.4) is 0 Å². The highest BCUT2D eigenvalue weighted by Crippen LogP contribution is 2.39. The van der Waals surface area contributed by atoms with Crippen LogP contribution in [-0.2, 0) is 21.5 Å². The molecule has 0 aromatic heterocycles. The van der Waals surface area contributed by atoms with Crippen LogP contribution in [0.25, 0.3) is 0 Å². The van der Waals surface area contributed by atoms with Gasteiger partial charge in [0.15, 0.2) is 5.78 Å². The number of urea groups is 1. The number of hydrogen-bond donors (Lipinski definition) is 2. The molecule has 7 heteroatoms. The second-order valence-electron chi connectivity index (χ2n) is 7.42. The molecular weight excluding hydrogens is 370 g/mol. The van der Waals surface area contributed by atoms with E-state index in [0.29, 0.717) is 17.7 Å². The Labute approximate surface area is 168 Å². The number of nitrogens with zero attached hydrogens (tertiary/aromatic N) is 1. The summed E-state index contributed by atoms with van der Waals surface area (Å²) in [5, 5.41) is 5.50. The molecule has 29 heavy (non-hydrogen) atoms. The van der Waals surface area contributed by atoms with E-state index in [1.54, 1.807) is 24.3 Å². The van der Waals surface area contributed by atoms with Gasteiger partial charge >= 0.3 is 6.03 Å². The van der Waals surface area contributed by atoms with E-state index in [2.05, 4.69) is 10.6 Å². The van der Waals surface area contributed by atoms with Crippen LogP contribution in [0.2, 0.25) is 0 Å². The van der Waals surface area contributed by atoms with Crippen molar-refractivity contribution in [2.75, 3.05) is 11.9 Å². The lowest BCUT2D eigenvalue weighted by Crippen LogP contribution is -2.47. The third-order valence-electron chi connectivity index (χ3n) is 5.53. The van der Waals surface area contributed by atoms with Gasteiger partial charge in [-0.15, -0.1) is 0 Å². The first-order chi connectivity index (χ1) is 13.9. The number of Topliss-reactive ketones (excluding diaryl/α,β-unsaturated/α-hetero) is 1. The second-order valence-corrected chi connectivity index (χ2v) is 7.42. The van der Waals surface area contributed by atoms with Gasteiger partial charge in [-0.1, -0.05) is 24.3 Å². The van der Waals surface area contributed by atoms with Gasteiger partial charge in [-0.3, -0.25) is 19.3 Å². The van der Waals surface area contributed by atoms with Crippen LogP contribution in [0.15, 0.2) is 48.5 Å². The van der Waals surface area contributed by atoms with Crippen LogP contribution >= 0.6 is 0 Å². The molecule has 0 bridgehead atoms. The maximum absolute atomic E-state index is 13.2. The first kappa shape index (κ1) is 18.9. The van der Waals surface area contributed by atoms with Crippen LogP contribution in [-0.4, -0.2) is 35.1 Å². The topological polar surface area (TPSA) is 95.6 Å². The molecule has 1 atom stereocenters. The van der Waals surface area contributed by atoms with E-state index in [9.17, 15) is 19.2 Å². The molecule has 1 fully saturated rings. The van der Waals surface area contributed by atoms with Crippen molar-refractivity contribution in [3.8, 4) is 0 Å². The van der Waals surface area contributed by atoms with Crippen molar-refractivity contribution < 1.29 is 19.2 Å². The van der Waals surface area contributed by atoms with E-state index >= 15 is 0 Å². The molecule has 1 aliphatic heterocycles. The molecule has 0 unspecified atom stereocenters. The number of carbonyl (C=O) groups is 4. The fourth-order valence-electron chi connectivity index (χ4n) is 4.09. The molecule has 148 valence electrons. The molecule has 1 heterocycles. The van der Waals surface area contributed by atoms with Gasteiger partial charge in [0.25, 0.3) is 5.91 Å². The van der Waals surface area contributed by atoms with Crippen molar-refractivity contribution in [2.24, 2.45) is 0 Å². The van der Waals surface area contributed by atoms with Crippen LogP contribution in [0.1, 0.15) is 41.3 Å². The largest absolute Gasteiger partial charge is 0.325 e. The van der Waals surface area contributed by atoms with Crippen molar-refractivity contribution in [3.05, 3.63) is 65.2 Å². The second kappa shape index (κ2) is 7.16. The molecule has 0 radical (unpaired) electrons. The van der Waals surface area contributed by atoms with E-state index in [-0.39, 0.29) is 12.3 Å². The highest BCUT2D eigenvalue weighted by molar-refractivity contribution is 6.10. The normalized spacial score (nSPS) is 20.4. The molecular formula is C22H21N3O4. The SMILES string of the molecule is CC(=O)c1ccc(NC(=O)CN2C(=O)N[C@@]3(CCCc4ccccc43)C2=O)cc1. The zero-order chi connectivity index (χ0) is 20.6. The summed E-state index contributed by atoms with van der Waals surface area (Å²) in [4.78, 5) is 50.5. The van der Waals surface area contributed by atoms with Gasteiger partial charge in [0.1, 0.15) is 12.1 Å². The number of benzene rings is 2. The van der Waals surface area contributed by atoms with Gasteiger partial charge in [0.2, 0.25) is 5.91 Å². The van der Waals surface area contributed by atoms with Gasteiger partial charge in [-0.2, -0.15) is 0 Å². The van der Waals surface area contributed by atoms with Gasteiger partial charge in [0, 0.05) is 11.3 Å². The lowest BCUT2D eigenvalue weighted by molar-refractivity contribution is -0.134. The van der Waals surface area contributed by atoms with Crippen molar-refractivity contribution >= 4 is 29.3 Å². The molecule has 2 aliphatic rings. The lowest BCUT2D eigenvalue weighted by Gasteiger charge is -2.33. The zero-order valence-corrected chi connectivity index (χ0v) is 16.0. The number of ketones is 1. The summed E-state index contributed by atoms with van der Waals surface area (Å²) in [6.07, 6.45) is 2.16. The number of amides is 4. The Morgan fingerprint density at radius 3 is 2.55 bits per heavy atom. The monoisotopic (exact) mass is 391 g/mol. The van der Waals surface area contributed by atoms with Crippen molar-refractivity contribution in [2.45, 2.75) is 31.7 Å². The summed E-state index contributed by atoms with van der Waals surface area (Å²) in [5.41, 5.74) is 1.80. The fourth-order valence-corrected chi connectivity index (χ4v) is 4.09. The first-order valence-corrected chi connectivity index (χ1v) is 9.54. The fraction of sp³-hybridized carbons (Fsp3) is 0.273. The Bertz CT molecular complexity index is 1010. The zero-order valence-electron chi connectivity index (χ0n) is 16.0. The average molecular weight is 391 g/mol. The summed E-state index contributed by atoms with van der Waals surface area (Å²) in [7, 11) is 0. The molecule has 0 saturated carbocycles. The number of fused-ring (bicyclic) bond motifs is 2. The summed E-state index contributed by atoms with van der Waals surface area (Å²) >= 11 is 0. The van der Waals surface area contributed by atoms with Gasteiger partial charge < -0.3 is 10.6 Å². The predicted molar refractivity (Wildman–Crippen MR) is 106 cm³/mol. The smallest absolute Gasteiger partial charge is 0.325 e. The minimum Gasteiger partial charge on any atom is -0.325 e. The van der Waals surface area contributed by atoms with Crippen molar-refractivity contribution in [3.63, 3.8) is 0 Å². The average Bonchev–Trinajstić information content (AvgIpc) is 2.93. The molecule has 7 nitrogen and oxygen atoms in total. The number of rotatable bonds is 4. The Balaban J connectivity index is 1.50. The van der Waals surface area contributed by atoms with Crippen molar-refractivity contribution in [1.29, 1.82) is 0 Å². The predicted octanol–water partition coefficient (Wildman–Crippen LogP) is 2.61. The summed E-state index contributed by atoms with van der Waals surface area (Å²) in [5.74, 6) is -0.942. The molecule has 2 aromatic carbocycles. The summed E-state index contributed by atoms with van der Waals surface area (Å²) < 4.78 is 0. The Morgan fingerprint density at radius 2 is 1.83 bits per heavy atom. The Kier molecular flexibility index (Phi) is 4.66. The Morgan fingerprint density at radius 1 is 1.10 bits per heavy atom. The molecule has 1 saturated heterocycles. The number of carbonyl (C=O) groups excluding carboxylic acids is 4. The minimum atomic E-state index is -1.09. The van der Waals surface area contributed by atoms with E-state index in [0.717, 1.165) is 28.9 Å². The number of imide groups is 1. The maximum atomic E-state index is 13.2. The maximum Gasteiger partial charge on any atom is 0.325 e. The lowest BCUT2D eigenvalue weighted by atomic mass is 9.76. The molecule has 2 aromatic rings. The highest BCUT2D eigenvalue weighted by atomic mass is 16.2. The third-order valence-corrected chi connectivity index (χ3v) is 5.53. The number of aryl methyl sites for hydroxylation is 1. The van der Waals surface area contributed by atoms with Gasteiger partial charge in [0.05, 0.1) is 0 Å². The molecule has 4 amide bonds. The van der Waals surface area contributed by atoms with E-state index in [4.69, 9.17) is 0 Å². The quantitative estimate of drug-likeness (QED) is 0.619. The minimum absolute atomic E-state index is 0.0692. The van der Waals surface area contributed by atoms with Gasteiger partial charge in [-0.05, 0) is 61.6 Å². The number of hydrogen-bond acceptors (Lipinski definition) is 4. The molecule has 1 aliphatic carbocycles.